The molecule has 2 unspecified atom stereocenters. The summed E-state index contributed by atoms with van der Waals surface area (Å²) in [5, 5.41) is 10.2. The minimum absolute atomic E-state index is 0.107. The van der Waals surface area contributed by atoms with Crippen LogP contribution in [0.25, 0.3) is 0 Å². The molecule has 2 aromatic carbocycles. The quantitative estimate of drug-likeness (QED) is 0.282. The maximum absolute atomic E-state index is 14.0. The third kappa shape index (κ3) is 6.82. The zero-order valence-corrected chi connectivity index (χ0v) is 21.2. The van der Waals surface area contributed by atoms with Gasteiger partial charge in [-0.15, -0.1) is 0 Å². The van der Waals surface area contributed by atoms with Crippen molar-refractivity contribution in [2.45, 2.75) is 83.7 Å². The number of hydrogen-bond donors (Lipinski definition) is 0. The highest BCUT2D eigenvalue weighted by molar-refractivity contribution is 5.48. The van der Waals surface area contributed by atoms with E-state index in [9.17, 15) is 31.6 Å². The number of halogens is 6. The van der Waals surface area contributed by atoms with Gasteiger partial charge < -0.3 is 0 Å². The van der Waals surface area contributed by atoms with Crippen molar-refractivity contribution >= 4 is 0 Å². The molecule has 0 aliphatic carbocycles. The van der Waals surface area contributed by atoms with Gasteiger partial charge in [0.2, 0.25) is 0 Å². The average molecular weight is 513 g/mol. The first-order chi connectivity index (χ1) is 16.8. The second kappa shape index (κ2) is 12.1. The van der Waals surface area contributed by atoms with Crippen LogP contribution in [-0.4, -0.2) is 17.5 Å². The van der Waals surface area contributed by atoms with Gasteiger partial charge in [-0.25, -0.2) is 0 Å². The molecule has 0 saturated heterocycles. The Bertz CT molecular complexity index is 975. The molecule has 0 fully saturated rings. The van der Waals surface area contributed by atoms with Crippen molar-refractivity contribution in [3.63, 3.8) is 0 Å². The Hall–Kier alpha value is -2.53. The zero-order chi connectivity index (χ0) is 27.1. The van der Waals surface area contributed by atoms with Crippen LogP contribution in [-0.2, 0) is 24.3 Å². The molecular formula is C28H34F6N2. The molecule has 36 heavy (non-hydrogen) atoms. The van der Waals surface area contributed by atoms with Crippen molar-refractivity contribution in [2.24, 2.45) is 5.92 Å². The lowest BCUT2D eigenvalue weighted by molar-refractivity contribution is -0.145. The Balaban J connectivity index is 2.56. The van der Waals surface area contributed by atoms with Crippen molar-refractivity contribution in [1.82, 2.24) is 4.90 Å². The molecule has 198 valence electrons. The number of hydrogen-bond acceptors (Lipinski definition) is 2. The van der Waals surface area contributed by atoms with Gasteiger partial charge in [-0.1, -0.05) is 64.1 Å². The number of alkyl halides is 6. The fourth-order valence-electron chi connectivity index (χ4n) is 4.98. The Kier molecular flexibility index (Phi) is 10.0. The smallest absolute Gasteiger partial charge is 0.296 e. The summed E-state index contributed by atoms with van der Waals surface area (Å²) in [4.78, 5) is 2.21. The fraction of sp³-hybridized carbons (Fsp3) is 0.536. The molecule has 0 bridgehead atoms. The summed E-state index contributed by atoms with van der Waals surface area (Å²) >= 11 is 0. The van der Waals surface area contributed by atoms with Crippen molar-refractivity contribution in [3.05, 3.63) is 70.8 Å². The van der Waals surface area contributed by atoms with E-state index in [2.05, 4.69) is 4.90 Å². The third-order valence-electron chi connectivity index (χ3n) is 6.91. The first-order valence-electron chi connectivity index (χ1n) is 12.3. The van der Waals surface area contributed by atoms with Gasteiger partial charge in [-0.2, -0.15) is 31.6 Å². The first kappa shape index (κ1) is 29.7. The third-order valence-corrected chi connectivity index (χ3v) is 6.91. The zero-order valence-electron chi connectivity index (χ0n) is 21.2. The lowest BCUT2D eigenvalue weighted by atomic mass is 9.66. The van der Waals surface area contributed by atoms with Gasteiger partial charge in [0, 0.05) is 12.6 Å². The molecule has 0 spiro atoms. The minimum atomic E-state index is -5.03. The number of rotatable bonds is 11. The normalized spacial score (nSPS) is 15.1. The molecule has 2 atom stereocenters. The van der Waals surface area contributed by atoms with Gasteiger partial charge in [0.15, 0.2) is 0 Å². The summed E-state index contributed by atoms with van der Waals surface area (Å²) in [6.07, 6.45) is -8.40. The second-order valence-corrected chi connectivity index (χ2v) is 9.52. The van der Waals surface area contributed by atoms with Crippen LogP contribution < -0.4 is 0 Å². The van der Waals surface area contributed by atoms with E-state index in [1.165, 1.54) is 13.8 Å². The molecule has 2 nitrogen and oxygen atoms in total. The van der Waals surface area contributed by atoms with E-state index >= 15 is 0 Å². The van der Waals surface area contributed by atoms with Gasteiger partial charge in [-0.05, 0) is 61.4 Å². The molecule has 0 aliphatic heterocycles. The van der Waals surface area contributed by atoms with Crippen LogP contribution in [0.3, 0.4) is 0 Å². The topological polar surface area (TPSA) is 27.0 Å². The van der Waals surface area contributed by atoms with E-state index in [1.54, 1.807) is 0 Å². The van der Waals surface area contributed by atoms with E-state index in [4.69, 9.17) is 0 Å². The highest BCUT2D eigenvalue weighted by Crippen LogP contribution is 2.49. The molecule has 0 N–H and O–H groups in total. The summed E-state index contributed by atoms with van der Waals surface area (Å²) < 4.78 is 84.0. The maximum Gasteiger partial charge on any atom is 0.416 e. The van der Waals surface area contributed by atoms with Crippen LogP contribution >= 0.6 is 0 Å². The van der Waals surface area contributed by atoms with E-state index in [0.29, 0.717) is 31.5 Å². The van der Waals surface area contributed by atoms with Crippen LogP contribution in [0, 0.1) is 17.2 Å². The van der Waals surface area contributed by atoms with Gasteiger partial charge in [0.05, 0.1) is 22.6 Å². The van der Waals surface area contributed by atoms with Crippen LogP contribution in [0.4, 0.5) is 26.3 Å². The number of nitriles is 1. The fourth-order valence-corrected chi connectivity index (χ4v) is 4.98. The summed E-state index contributed by atoms with van der Waals surface area (Å²) in [5.74, 6) is -0.779. The molecular weight excluding hydrogens is 478 g/mol. The van der Waals surface area contributed by atoms with Gasteiger partial charge in [-0.3, -0.25) is 4.90 Å². The highest BCUT2D eigenvalue weighted by atomic mass is 19.4. The predicted molar refractivity (Wildman–Crippen MR) is 129 cm³/mol. The summed E-state index contributed by atoms with van der Waals surface area (Å²) in [7, 11) is 0. The number of benzene rings is 2. The van der Waals surface area contributed by atoms with Gasteiger partial charge >= 0.3 is 12.4 Å². The van der Waals surface area contributed by atoms with Crippen molar-refractivity contribution in [1.29, 1.82) is 5.26 Å². The first-order valence-corrected chi connectivity index (χ1v) is 12.3. The maximum atomic E-state index is 14.0. The average Bonchev–Trinajstić information content (AvgIpc) is 2.81. The Morgan fingerprint density at radius 1 is 0.861 bits per heavy atom. The molecule has 0 heterocycles. The SMILES string of the molecule is CCCN(Cc1ccccc1)C(CC)CCC(C#N)(c1c(C(F)(F)F)cccc1C(F)(F)F)C(C)C. The van der Waals surface area contributed by atoms with Gasteiger partial charge in [0.25, 0.3) is 0 Å². The Labute approximate surface area is 209 Å². The predicted octanol–water partition coefficient (Wildman–Crippen LogP) is 8.61. The molecule has 0 aromatic heterocycles. The lowest BCUT2D eigenvalue weighted by Gasteiger charge is -2.38. The summed E-state index contributed by atoms with van der Waals surface area (Å²) in [5.41, 5.74) is -4.63. The molecule has 8 heteroatoms. The van der Waals surface area contributed by atoms with E-state index in [1.807, 2.05) is 50.2 Å². The molecule has 2 rings (SSSR count). The van der Waals surface area contributed by atoms with E-state index in [0.717, 1.165) is 24.6 Å². The van der Waals surface area contributed by atoms with Crippen LogP contribution in [0.1, 0.15) is 75.6 Å². The van der Waals surface area contributed by atoms with E-state index in [-0.39, 0.29) is 12.5 Å². The van der Waals surface area contributed by atoms with Crippen LogP contribution in [0.5, 0.6) is 0 Å². The Morgan fingerprint density at radius 2 is 1.42 bits per heavy atom. The van der Waals surface area contributed by atoms with Crippen molar-refractivity contribution in [3.8, 4) is 6.07 Å². The monoisotopic (exact) mass is 512 g/mol. The second-order valence-electron chi connectivity index (χ2n) is 9.52. The largest absolute Gasteiger partial charge is 0.416 e. The molecule has 0 saturated carbocycles. The van der Waals surface area contributed by atoms with Crippen LogP contribution in [0.2, 0.25) is 0 Å². The molecule has 0 aliphatic rings. The van der Waals surface area contributed by atoms with Crippen molar-refractivity contribution in [2.75, 3.05) is 6.54 Å². The molecule has 2 aromatic rings. The van der Waals surface area contributed by atoms with Crippen LogP contribution in [0.15, 0.2) is 48.5 Å². The van der Waals surface area contributed by atoms with Gasteiger partial charge in [0.1, 0.15) is 0 Å². The number of nitrogens with zero attached hydrogens (tertiary/aromatic N) is 2. The lowest BCUT2D eigenvalue weighted by Crippen LogP contribution is -2.40. The molecule has 0 radical (unpaired) electrons. The molecule has 0 amide bonds. The van der Waals surface area contributed by atoms with Crippen molar-refractivity contribution < 1.29 is 26.3 Å². The Morgan fingerprint density at radius 3 is 1.83 bits per heavy atom. The standard InChI is InChI=1S/C28H34F6N2/c1-5-17-36(18-21-11-8-7-9-12-21)22(6-2)15-16-26(19-35,20(3)4)25-23(27(29,30)31)13-10-14-24(25)28(32,33)34/h7-14,20,22H,5-6,15-18H2,1-4H3. The van der Waals surface area contributed by atoms with E-state index < -0.39 is 40.4 Å². The minimum Gasteiger partial charge on any atom is -0.296 e. The summed E-state index contributed by atoms with van der Waals surface area (Å²) in [6.45, 7) is 8.35. The summed E-state index contributed by atoms with van der Waals surface area (Å²) in [6, 6.07) is 13.6. The highest BCUT2D eigenvalue weighted by Gasteiger charge is 2.49.